The van der Waals surface area contributed by atoms with Gasteiger partial charge in [-0.3, -0.25) is 0 Å². The first-order valence-corrected chi connectivity index (χ1v) is 41.5. The summed E-state index contributed by atoms with van der Waals surface area (Å²) < 4.78 is 7.53. The molecule has 4 aliphatic heterocycles. The Morgan fingerprint density at radius 1 is 0.259 bits per heavy atom. The summed E-state index contributed by atoms with van der Waals surface area (Å²) in [6, 6.07) is 95.2. The Balaban J connectivity index is 1.02. The second-order valence-corrected chi connectivity index (χ2v) is 41.6. The molecule has 12 aromatic rings. The molecular formula is C104H112B2N4OS. The van der Waals surface area contributed by atoms with Crippen molar-refractivity contribution in [3.05, 3.63) is 287 Å². The minimum Gasteiger partial charge on any atom is -0.458 e. The van der Waals surface area contributed by atoms with E-state index in [9.17, 15) is 0 Å². The molecule has 0 aromatic heterocycles. The molecule has 4 heterocycles. The van der Waals surface area contributed by atoms with Crippen LogP contribution >= 0.6 is 11.8 Å². The van der Waals surface area contributed by atoms with Crippen molar-refractivity contribution in [2.75, 3.05) is 19.6 Å². The zero-order chi connectivity index (χ0) is 79.6. The van der Waals surface area contributed by atoms with Crippen LogP contribution in [0.4, 0.5) is 68.2 Å². The smallest absolute Gasteiger partial charge is 0.253 e. The fourth-order valence-corrected chi connectivity index (χ4v) is 18.4. The van der Waals surface area contributed by atoms with Gasteiger partial charge >= 0.3 is 0 Å². The molecule has 0 saturated carbocycles. The molecule has 0 atom stereocenters. The first-order chi connectivity index (χ1) is 52.6. The summed E-state index contributed by atoms with van der Waals surface area (Å²) in [4.78, 5) is 12.7. The van der Waals surface area contributed by atoms with E-state index < -0.39 is 0 Å². The third-order valence-electron chi connectivity index (χ3n) is 24.0. The molecule has 8 heteroatoms. The summed E-state index contributed by atoms with van der Waals surface area (Å²) in [5.74, 6) is 1.78. The van der Waals surface area contributed by atoms with Gasteiger partial charge < -0.3 is 24.3 Å². The molecule has 0 amide bonds. The Morgan fingerprint density at radius 3 is 1.09 bits per heavy atom. The van der Waals surface area contributed by atoms with E-state index in [1.807, 2.05) is 11.8 Å². The van der Waals surface area contributed by atoms with Crippen LogP contribution in [-0.4, -0.2) is 13.4 Å². The van der Waals surface area contributed by atoms with Crippen LogP contribution in [0.1, 0.15) is 211 Å². The number of nitrogens with zero attached hydrogens (tertiary/aromatic N) is 4. The maximum atomic E-state index is 7.53. The summed E-state index contributed by atoms with van der Waals surface area (Å²) in [5.41, 5.74) is 33.0. The highest BCUT2D eigenvalue weighted by atomic mass is 32.2. The molecular weight excluding hydrogens is 1370 g/mol. The van der Waals surface area contributed by atoms with E-state index in [0.717, 1.165) is 85.2 Å². The van der Waals surface area contributed by atoms with Crippen molar-refractivity contribution in [1.82, 2.24) is 0 Å². The average Bonchev–Trinajstić information content (AvgIpc) is 0.684. The SMILES string of the molecule is CC(C)(C)c1ccc(-c2ccccc2N2c3cc4c(cc3B3c5cc(C(C)(C)C)ccc5N(c5ccc(C(C)(C)C)cc5)c5cc(N(c6ccc(C(C)(C)C)cc6)c6ccc(C(C)(C)C)cc6)cc2c53)B2c3cc(C(C)(C)C)ccc3Oc3cc(N(c5ccc(C(C)(C)C)cc5)c5ccc(C(C)(C)C)cc5)cc(c32)S4)cc1. The third-order valence-corrected chi connectivity index (χ3v) is 25.2. The third kappa shape index (κ3) is 13.8. The first-order valence-electron chi connectivity index (χ1n) is 40.7. The summed E-state index contributed by atoms with van der Waals surface area (Å²) in [7, 11) is 0. The topological polar surface area (TPSA) is 22.2 Å². The monoisotopic (exact) mass is 1490 g/mol. The zero-order valence-corrected chi connectivity index (χ0v) is 71.7. The van der Waals surface area contributed by atoms with Gasteiger partial charge in [0, 0.05) is 72.6 Å². The van der Waals surface area contributed by atoms with Gasteiger partial charge in [-0.1, -0.05) is 317 Å². The second-order valence-electron chi connectivity index (χ2n) is 40.5. The highest BCUT2D eigenvalue weighted by molar-refractivity contribution is 8.00. The molecule has 0 unspecified atom stereocenters. The number of fused-ring (bicyclic) bond motifs is 8. The quantitative estimate of drug-likeness (QED) is 0.133. The van der Waals surface area contributed by atoms with E-state index >= 15 is 0 Å². The van der Waals surface area contributed by atoms with E-state index in [0.29, 0.717) is 0 Å². The van der Waals surface area contributed by atoms with Gasteiger partial charge in [0.05, 0.1) is 17.1 Å². The number of hydrogen-bond acceptors (Lipinski definition) is 6. The Kier molecular flexibility index (Phi) is 18.3. The van der Waals surface area contributed by atoms with Gasteiger partial charge in [0.2, 0.25) is 0 Å². The number of anilines is 12. The fourth-order valence-electron chi connectivity index (χ4n) is 17.2. The molecule has 16 rings (SSSR count). The van der Waals surface area contributed by atoms with Crippen LogP contribution in [0.2, 0.25) is 0 Å². The van der Waals surface area contributed by atoms with Gasteiger partial charge in [-0.25, -0.2) is 0 Å². The van der Waals surface area contributed by atoms with E-state index in [-0.39, 0.29) is 56.7 Å². The van der Waals surface area contributed by atoms with Gasteiger partial charge in [0.1, 0.15) is 11.5 Å². The summed E-state index contributed by atoms with van der Waals surface area (Å²) in [6.45, 7) is 55.3. The molecule has 566 valence electrons. The molecule has 112 heavy (non-hydrogen) atoms. The maximum absolute atomic E-state index is 7.53. The number of ether oxygens (including phenoxy) is 1. The van der Waals surface area contributed by atoms with E-state index in [1.165, 1.54) is 92.8 Å². The molecule has 0 bridgehead atoms. The molecule has 0 N–H and O–H groups in total. The summed E-state index contributed by atoms with van der Waals surface area (Å²) in [5, 5.41) is 0. The lowest BCUT2D eigenvalue weighted by Crippen LogP contribution is -2.64. The standard InChI is InChI=1S/C104H112B2N4OS/c1-97(2,3)66-31-29-65(30-32-66)81-27-25-26-28-86(81)110-88-64-93-85(106-84-58-73(104(22,23)24)44-56-91(84)111-92-61-80(62-94(112-93)96(92)106)108(76-49-37-69(38-50-76)100(10,11)12)77-51-39-70(40-52-77)101(13,14)15)63-83(88)105-82-57-72(103(19,20)21)43-55-87(82)109(78-53-41-71(42-54-78)102(16,17)18)89-59-79(60-90(110)95(89)105)107(74-45-33-67(34-46-74)98(4,5)6)75-47-35-68(36-48-75)99(7,8)9/h25-64H,1-24H3. The highest BCUT2D eigenvalue weighted by Crippen LogP contribution is 2.53. The molecule has 0 spiro atoms. The maximum Gasteiger partial charge on any atom is 0.253 e. The molecule has 5 nitrogen and oxygen atoms in total. The van der Waals surface area contributed by atoms with Gasteiger partial charge in [-0.2, -0.15) is 0 Å². The van der Waals surface area contributed by atoms with Gasteiger partial charge in [0.15, 0.2) is 0 Å². The van der Waals surface area contributed by atoms with Crippen molar-refractivity contribution in [2.24, 2.45) is 0 Å². The Morgan fingerprint density at radius 2 is 0.634 bits per heavy atom. The zero-order valence-electron chi connectivity index (χ0n) is 70.9. The molecule has 0 saturated heterocycles. The van der Waals surface area contributed by atoms with Crippen molar-refractivity contribution in [3.8, 4) is 22.6 Å². The predicted molar refractivity (Wildman–Crippen MR) is 487 cm³/mol. The normalized spacial score (nSPS) is 14.0. The lowest BCUT2D eigenvalue weighted by Gasteiger charge is -2.46. The molecule has 0 fully saturated rings. The number of para-hydroxylation sites is 1. The van der Waals surface area contributed by atoms with E-state index in [1.54, 1.807) is 0 Å². The number of hydrogen-bond donors (Lipinski definition) is 0. The fraction of sp³-hybridized carbons (Fsp3) is 0.308. The number of benzene rings is 12. The van der Waals surface area contributed by atoms with Crippen molar-refractivity contribution >= 4 is 126 Å². The van der Waals surface area contributed by atoms with Crippen molar-refractivity contribution in [3.63, 3.8) is 0 Å². The van der Waals surface area contributed by atoms with Crippen LogP contribution in [0.25, 0.3) is 11.1 Å². The van der Waals surface area contributed by atoms with E-state index in [4.69, 9.17) is 4.74 Å². The summed E-state index contributed by atoms with van der Waals surface area (Å²) in [6.07, 6.45) is 0. The molecule has 12 aromatic carbocycles. The Hall–Kier alpha value is -9.88. The Labute approximate surface area is 675 Å². The first kappa shape index (κ1) is 76.1. The van der Waals surface area contributed by atoms with Crippen LogP contribution < -0.4 is 57.1 Å². The molecule has 0 radical (unpaired) electrons. The van der Waals surface area contributed by atoms with Crippen molar-refractivity contribution in [1.29, 1.82) is 0 Å². The lowest BCUT2D eigenvalue weighted by atomic mass is 9.31. The minimum atomic E-state index is -0.224. The van der Waals surface area contributed by atoms with Crippen molar-refractivity contribution < 1.29 is 4.74 Å². The molecule has 4 aliphatic rings. The lowest BCUT2D eigenvalue weighted by molar-refractivity contribution is 0.485. The highest BCUT2D eigenvalue weighted by Gasteiger charge is 2.49. The summed E-state index contributed by atoms with van der Waals surface area (Å²) >= 11 is 1.90. The van der Waals surface area contributed by atoms with Crippen LogP contribution in [-0.2, 0) is 43.3 Å². The minimum absolute atomic E-state index is 0.0186. The largest absolute Gasteiger partial charge is 0.458 e. The second kappa shape index (κ2) is 26.9. The van der Waals surface area contributed by atoms with Crippen LogP contribution in [0.5, 0.6) is 11.5 Å². The van der Waals surface area contributed by atoms with Crippen LogP contribution in [0, 0.1) is 0 Å². The Bertz CT molecular complexity index is 5530. The average molecular weight is 1490 g/mol. The number of rotatable bonds is 9. The van der Waals surface area contributed by atoms with E-state index in [2.05, 4.69) is 428 Å². The van der Waals surface area contributed by atoms with Crippen molar-refractivity contribution in [2.45, 2.75) is 219 Å². The molecule has 0 aliphatic carbocycles. The predicted octanol–water partition coefficient (Wildman–Crippen LogP) is 25.8. The van der Waals surface area contributed by atoms with Crippen LogP contribution in [0.15, 0.2) is 252 Å². The van der Waals surface area contributed by atoms with Crippen LogP contribution in [0.3, 0.4) is 0 Å². The van der Waals surface area contributed by atoms with Gasteiger partial charge in [-0.05, 0) is 224 Å². The van der Waals surface area contributed by atoms with Gasteiger partial charge in [0.25, 0.3) is 13.4 Å². The van der Waals surface area contributed by atoms with Gasteiger partial charge in [-0.15, -0.1) is 0 Å².